The van der Waals surface area contributed by atoms with Gasteiger partial charge < -0.3 is 10.1 Å². The highest BCUT2D eigenvalue weighted by molar-refractivity contribution is 6.31. The van der Waals surface area contributed by atoms with Crippen LogP contribution in [0, 0.1) is 11.2 Å². The molecule has 1 aromatic carbocycles. The van der Waals surface area contributed by atoms with Crippen molar-refractivity contribution < 1.29 is 9.13 Å². The summed E-state index contributed by atoms with van der Waals surface area (Å²) in [5.74, 6) is -0.345. The summed E-state index contributed by atoms with van der Waals surface area (Å²) in [6.45, 7) is 7.97. The largest absolute Gasteiger partial charge is 0.378 e. The molecule has 1 N–H and O–H groups in total. The molecule has 1 aliphatic heterocycles. The Morgan fingerprint density at radius 1 is 1.50 bits per heavy atom. The molecule has 1 aromatic rings. The second kappa shape index (κ2) is 6.42. The molecule has 2 rings (SSSR count). The van der Waals surface area contributed by atoms with Crippen molar-refractivity contribution in [3.63, 3.8) is 0 Å². The minimum absolute atomic E-state index is 0.0122. The number of ether oxygens (including phenoxy) is 1. The molecular weight excluding hydrogens is 277 g/mol. The van der Waals surface area contributed by atoms with E-state index in [1.807, 2.05) is 6.07 Å². The molecule has 2 atom stereocenters. The van der Waals surface area contributed by atoms with Crippen molar-refractivity contribution in [2.75, 3.05) is 13.2 Å². The molecule has 1 aliphatic rings. The topological polar surface area (TPSA) is 21.3 Å². The molecule has 20 heavy (non-hydrogen) atoms. The van der Waals surface area contributed by atoms with Gasteiger partial charge in [0.2, 0.25) is 0 Å². The van der Waals surface area contributed by atoms with Gasteiger partial charge in [-0.25, -0.2) is 4.39 Å². The summed E-state index contributed by atoms with van der Waals surface area (Å²) in [4.78, 5) is 0. The molecule has 112 valence electrons. The molecule has 0 saturated carbocycles. The third kappa shape index (κ3) is 3.33. The second-order valence-corrected chi connectivity index (χ2v) is 6.43. The molecule has 1 saturated heterocycles. The number of nitrogens with one attached hydrogen (secondary N) is 1. The molecule has 1 fully saturated rings. The molecule has 2 unspecified atom stereocenters. The maximum absolute atomic E-state index is 13.6. The van der Waals surface area contributed by atoms with Crippen molar-refractivity contribution in [1.82, 2.24) is 5.32 Å². The van der Waals surface area contributed by atoms with Gasteiger partial charge in [-0.15, -0.1) is 0 Å². The predicted octanol–water partition coefficient (Wildman–Crippen LogP) is 3.81. The fraction of sp³-hybridized carbons (Fsp3) is 0.625. The van der Waals surface area contributed by atoms with Crippen molar-refractivity contribution in [1.29, 1.82) is 0 Å². The van der Waals surface area contributed by atoms with Crippen LogP contribution < -0.4 is 5.32 Å². The summed E-state index contributed by atoms with van der Waals surface area (Å²) in [6.07, 6.45) is 1.86. The molecular formula is C16H23ClFNO. The Morgan fingerprint density at radius 3 is 2.85 bits per heavy atom. The smallest absolute Gasteiger partial charge is 0.142 e. The molecule has 0 aliphatic carbocycles. The van der Waals surface area contributed by atoms with E-state index < -0.39 is 0 Å². The van der Waals surface area contributed by atoms with Crippen LogP contribution >= 0.6 is 11.6 Å². The van der Waals surface area contributed by atoms with Crippen molar-refractivity contribution in [2.24, 2.45) is 5.41 Å². The molecule has 0 radical (unpaired) electrons. The number of benzene rings is 1. The van der Waals surface area contributed by atoms with Crippen LogP contribution in [0.25, 0.3) is 0 Å². The van der Waals surface area contributed by atoms with Crippen LogP contribution in [-0.4, -0.2) is 25.3 Å². The van der Waals surface area contributed by atoms with E-state index in [-0.39, 0.29) is 22.4 Å². The highest BCUT2D eigenvalue weighted by atomic mass is 35.5. The first-order valence-corrected chi connectivity index (χ1v) is 7.60. The third-order valence-corrected chi connectivity index (χ3v) is 4.69. The Hall–Kier alpha value is -0.640. The van der Waals surface area contributed by atoms with Gasteiger partial charge in [0, 0.05) is 24.6 Å². The van der Waals surface area contributed by atoms with E-state index in [2.05, 4.69) is 26.1 Å². The van der Waals surface area contributed by atoms with Crippen molar-refractivity contribution >= 4 is 11.6 Å². The summed E-state index contributed by atoms with van der Waals surface area (Å²) in [6, 6.07) is 5.45. The van der Waals surface area contributed by atoms with Crippen molar-refractivity contribution in [3.05, 3.63) is 34.6 Å². The van der Waals surface area contributed by atoms with E-state index in [1.54, 1.807) is 6.07 Å². The second-order valence-electron chi connectivity index (χ2n) is 6.05. The van der Waals surface area contributed by atoms with E-state index in [0.717, 1.165) is 31.6 Å². The van der Waals surface area contributed by atoms with Crippen molar-refractivity contribution in [3.8, 4) is 0 Å². The van der Waals surface area contributed by atoms with Crippen LogP contribution in [0.2, 0.25) is 5.02 Å². The SMILES string of the molecule is CC(C)NCC1(Cc2cccc(F)c2Cl)CCOC1C. The third-order valence-electron chi connectivity index (χ3n) is 4.27. The summed E-state index contributed by atoms with van der Waals surface area (Å²) in [7, 11) is 0. The average Bonchev–Trinajstić information content (AvgIpc) is 2.75. The van der Waals surface area contributed by atoms with Gasteiger partial charge in [0.25, 0.3) is 0 Å². The number of hydrogen-bond donors (Lipinski definition) is 1. The first-order valence-electron chi connectivity index (χ1n) is 7.22. The summed E-state index contributed by atoms with van der Waals surface area (Å²) in [5.41, 5.74) is 0.858. The Morgan fingerprint density at radius 2 is 2.25 bits per heavy atom. The maximum Gasteiger partial charge on any atom is 0.142 e. The van der Waals surface area contributed by atoms with E-state index >= 15 is 0 Å². The minimum Gasteiger partial charge on any atom is -0.378 e. The monoisotopic (exact) mass is 299 g/mol. The van der Waals surface area contributed by atoms with Crippen LogP contribution in [0.3, 0.4) is 0 Å². The number of rotatable bonds is 5. The van der Waals surface area contributed by atoms with Gasteiger partial charge in [-0.2, -0.15) is 0 Å². The predicted molar refractivity (Wildman–Crippen MR) is 80.7 cm³/mol. The van der Waals surface area contributed by atoms with Crippen LogP contribution in [0.1, 0.15) is 32.8 Å². The average molecular weight is 300 g/mol. The van der Waals surface area contributed by atoms with E-state index in [4.69, 9.17) is 16.3 Å². The molecule has 2 nitrogen and oxygen atoms in total. The normalized spacial score (nSPS) is 26.4. The Balaban J connectivity index is 2.22. The minimum atomic E-state index is -0.345. The van der Waals surface area contributed by atoms with Crippen LogP contribution in [0.4, 0.5) is 4.39 Å². The number of hydrogen-bond acceptors (Lipinski definition) is 2. The van der Waals surface area contributed by atoms with Gasteiger partial charge in [0.15, 0.2) is 0 Å². The number of halogens is 2. The van der Waals surface area contributed by atoms with Crippen LogP contribution in [0.15, 0.2) is 18.2 Å². The molecule has 0 amide bonds. The molecule has 0 bridgehead atoms. The highest BCUT2D eigenvalue weighted by Gasteiger charge is 2.41. The lowest BCUT2D eigenvalue weighted by Crippen LogP contribution is -2.43. The van der Waals surface area contributed by atoms with Gasteiger partial charge in [-0.1, -0.05) is 37.6 Å². The lowest BCUT2D eigenvalue weighted by molar-refractivity contribution is 0.0620. The Kier molecular flexibility index (Phi) is 5.05. The summed E-state index contributed by atoms with van der Waals surface area (Å²) in [5, 5.41) is 3.74. The summed E-state index contributed by atoms with van der Waals surface area (Å²) >= 11 is 6.11. The summed E-state index contributed by atoms with van der Waals surface area (Å²) < 4.78 is 19.4. The van der Waals surface area contributed by atoms with E-state index in [9.17, 15) is 4.39 Å². The standard InChI is InChI=1S/C16H23ClFNO/c1-11(2)19-10-16(7-8-20-12(16)3)9-13-5-4-6-14(18)15(13)17/h4-6,11-12,19H,7-10H2,1-3H3. The first-order chi connectivity index (χ1) is 9.44. The molecule has 4 heteroatoms. The van der Waals surface area contributed by atoms with Gasteiger partial charge >= 0.3 is 0 Å². The zero-order valence-corrected chi connectivity index (χ0v) is 13.1. The van der Waals surface area contributed by atoms with Crippen LogP contribution in [-0.2, 0) is 11.2 Å². The van der Waals surface area contributed by atoms with Gasteiger partial charge in [0.05, 0.1) is 11.1 Å². The fourth-order valence-corrected chi connectivity index (χ4v) is 3.01. The zero-order valence-electron chi connectivity index (χ0n) is 12.4. The van der Waals surface area contributed by atoms with Gasteiger partial charge in [-0.3, -0.25) is 0 Å². The fourth-order valence-electron chi connectivity index (χ4n) is 2.82. The quantitative estimate of drug-likeness (QED) is 0.892. The van der Waals surface area contributed by atoms with Gasteiger partial charge in [0.1, 0.15) is 5.82 Å². The molecule has 0 aromatic heterocycles. The van der Waals surface area contributed by atoms with Gasteiger partial charge in [-0.05, 0) is 31.4 Å². The van der Waals surface area contributed by atoms with Crippen molar-refractivity contribution in [2.45, 2.75) is 45.8 Å². The Labute approximate surface area is 125 Å². The molecule has 0 spiro atoms. The lowest BCUT2D eigenvalue weighted by Gasteiger charge is -2.34. The first kappa shape index (κ1) is 15.7. The maximum atomic E-state index is 13.6. The van der Waals surface area contributed by atoms with Crippen LogP contribution in [0.5, 0.6) is 0 Å². The van der Waals surface area contributed by atoms with E-state index in [1.165, 1.54) is 6.07 Å². The zero-order chi connectivity index (χ0) is 14.8. The molecule has 1 heterocycles. The highest BCUT2D eigenvalue weighted by Crippen LogP contribution is 2.39. The Bertz CT molecular complexity index is 466. The van der Waals surface area contributed by atoms with E-state index in [0.29, 0.717) is 6.04 Å². The lowest BCUT2D eigenvalue weighted by atomic mass is 9.76.